The molecule has 2 aliphatic heterocycles. The normalized spacial score (nSPS) is 54.2. The molecule has 0 radical (unpaired) electrons. The van der Waals surface area contributed by atoms with Crippen LogP contribution in [0.4, 0.5) is 0 Å². The van der Waals surface area contributed by atoms with Gasteiger partial charge in [-0.15, -0.1) is 0 Å². The quantitative estimate of drug-likeness (QED) is 0.334. The van der Waals surface area contributed by atoms with E-state index in [1.807, 2.05) is 20.8 Å². The second-order valence-electron chi connectivity index (χ2n) is 9.32. The van der Waals surface area contributed by atoms with E-state index in [0.717, 1.165) is 6.42 Å². The van der Waals surface area contributed by atoms with Crippen molar-refractivity contribution in [1.29, 1.82) is 0 Å². The molecule has 0 aromatic heterocycles. The summed E-state index contributed by atoms with van der Waals surface area (Å²) in [7, 11) is 0. The summed E-state index contributed by atoms with van der Waals surface area (Å²) in [4.78, 5) is 0. The second kappa shape index (κ2) is 7.40. The minimum atomic E-state index is -1.57. The van der Waals surface area contributed by atoms with Gasteiger partial charge in [-0.3, -0.25) is 0 Å². The molecule has 1 saturated carbocycles. The molecular weight excluding hydrogens is 372 g/mol. The van der Waals surface area contributed by atoms with Crippen LogP contribution < -0.4 is 0 Å². The van der Waals surface area contributed by atoms with Crippen molar-refractivity contribution in [3.05, 3.63) is 0 Å². The van der Waals surface area contributed by atoms with E-state index in [0.29, 0.717) is 6.42 Å². The van der Waals surface area contributed by atoms with Crippen LogP contribution in [-0.2, 0) is 14.2 Å². The molecule has 0 unspecified atom stereocenters. The number of ether oxygens (including phenoxy) is 3. The lowest BCUT2D eigenvalue weighted by atomic mass is 9.55. The minimum absolute atomic E-state index is 0.00520. The van der Waals surface area contributed by atoms with Crippen molar-refractivity contribution in [3.8, 4) is 0 Å². The van der Waals surface area contributed by atoms with Gasteiger partial charge in [0, 0.05) is 11.8 Å². The van der Waals surface area contributed by atoms with Crippen LogP contribution in [0.5, 0.6) is 0 Å². The lowest BCUT2D eigenvalue weighted by Gasteiger charge is -2.60. The summed E-state index contributed by atoms with van der Waals surface area (Å²) in [5.41, 5.74) is -3.15. The first-order chi connectivity index (χ1) is 12.9. The summed E-state index contributed by atoms with van der Waals surface area (Å²) < 4.78 is 17.6. The Hall–Kier alpha value is -0.360. The second-order valence-corrected chi connectivity index (χ2v) is 9.32. The maximum atomic E-state index is 11.2. The number of hydrogen-bond acceptors (Lipinski definition) is 9. The van der Waals surface area contributed by atoms with Gasteiger partial charge in [0.2, 0.25) is 0 Å². The standard InChI is InChI=1S/C19H34O9/c1-9-5-6-19(28-9)17(2,3)15(10(21)7-18(19,4)25)27-16-14(24)13(23)12(22)11(8-20)26-16/h9-16,20-25H,5-8H2,1-4H3/t9-,10+,11+,12+,13-,14+,15-,16-,18+,19+/m0/s1. The zero-order valence-corrected chi connectivity index (χ0v) is 16.9. The summed E-state index contributed by atoms with van der Waals surface area (Å²) >= 11 is 0. The van der Waals surface area contributed by atoms with Crippen molar-refractivity contribution in [2.45, 2.75) is 107 Å². The highest BCUT2D eigenvalue weighted by Gasteiger charge is 2.68. The molecule has 28 heavy (non-hydrogen) atoms. The first kappa shape index (κ1) is 22.3. The average Bonchev–Trinajstić information content (AvgIpc) is 3.02. The van der Waals surface area contributed by atoms with Crippen LogP contribution in [0.15, 0.2) is 0 Å². The smallest absolute Gasteiger partial charge is 0.187 e. The van der Waals surface area contributed by atoms with Crippen molar-refractivity contribution in [1.82, 2.24) is 0 Å². The van der Waals surface area contributed by atoms with Crippen LogP contribution in [0.1, 0.15) is 47.0 Å². The molecule has 2 heterocycles. The summed E-state index contributed by atoms with van der Waals surface area (Å²) in [6.07, 6.45) is -7.79. The molecule has 0 bridgehead atoms. The molecule has 0 amide bonds. The molecule has 9 nitrogen and oxygen atoms in total. The van der Waals surface area contributed by atoms with Gasteiger partial charge in [-0.2, -0.15) is 0 Å². The van der Waals surface area contributed by atoms with E-state index in [1.54, 1.807) is 6.92 Å². The van der Waals surface area contributed by atoms with Gasteiger partial charge in [-0.05, 0) is 26.7 Å². The molecule has 0 aromatic rings. The van der Waals surface area contributed by atoms with E-state index in [1.165, 1.54) is 0 Å². The van der Waals surface area contributed by atoms with Crippen LogP contribution in [0, 0.1) is 5.41 Å². The zero-order chi connectivity index (χ0) is 21.1. The number of rotatable bonds is 3. The van der Waals surface area contributed by atoms with Gasteiger partial charge in [0.15, 0.2) is 6.29 Å². The van der Waals surface area contributed by atoms with Gasteiger partial charge < -0.3 is 44.8 Å². The van der Waals surface area contributed by atoms with E-state index < -0.39 is 66.1 Å². The van der Waals surface area contributed by atoms with E-state index in [4.69, 9.17) is 14.2 Å². The van der Waals surface area contributed by atoms with E-state index in [-0.39, 0.29) is 12.5 Å². The molecule has 3 fully saturated rings. The first-order valence-electron chi connectivity index (χ1n) is 9.92. The van der Waals surface area contributed by atoms with Crippen molar-refractivity contribution >= 4 is 0 Å². The maximum Gasteiger partial charge on any atom is 0.187 e. The van der Waals surface area contributed by atoms with Crippen LogP contribution in [0.25, 0.3) is 0 Å². The summed E-state index contributed by atoms with van der Waals surface area (Å²) in [6, 6.07) is 0. The number of aliphatic hydroxyl groups excluding tert-OH is 5. The highest BCUT2D eigenvalue weighted by atomic mass is 16.7. The summed E-state index contributed by atoms with van der Waals surface area (Å²) in [6.45, 7) is 6.67. The van der Waals surface area contributed by atoms with Gasteiger partial charge in [0.1, 0.15) is 30.0 Å². The Morgan fingerprint density at radius 3 is 2.21 bits per heavy atom. The third-order valence-corrected chi connectivity index (χ3v) is 7.01. The van der Waals surface area contributed by atoms with Gasteiger partial charge in [0.25, 0.3) is 0 Å². The molecule has 10 atom stereocenters. The molecule has 3 aliphatic rings. The van der Waals surface area contributed by atoms with Crippen LogP contribution >= 0.6 is 0 Å². The van der Waals surface area contributed by atoms with E-state index in [9.17, 15) is 30.6 Å². The van der Waals surface area contributed by atoms with Crippen molar-refractivity contribution in [3.63, 3.8) is 0 Å². The summed E-state index contributed by atoms with van der Waals surface area (Å²) in [5.74, 6) is 0. The molecular formula is C19H34O9. The third-order valence-electron chi connectivity index (χ3n) is 7.01. The number of aliphatic hydroxyl groups is 6. The van der Waals surface area contributed by atoms with Gasteiger partial charge in [-0.25, -0.2) is 0 Å². The molecule has 2 saturated heterocycles. The fourth-order valence-electron chi connectivity index (χ4n) is 5.41. The summed E-state index contributed by atoms with van der Waals surface area (Å²) in [5, 5.41) is 61.6. The Morgan fingerprint density at radius 2 is 1.68 bits per heavy atom. The molecule has 1 spiro atoms. The number of hydrogen-bond donors (Lipinski definition) is 6. The highest BCUT2D eigenvalue weighted by molar-refractivity contribution is 5.18. The molecule has 9 heteroatoms. The highest BCUT2D eigenvalue weighted by Crippen LogP contribution is 2.58. The maximum absolute atomic E-state index is 11.2. The molecule has 0 aromatic carbocycles. The lowest BCUT2D eigenvalue weighted by molar-refractivity contribution is -0.357. The lowest BCUT2D eigenvalue weighted by Crippen LogP contribution is -2.72. The fourth-order valence-corrected chi connectivity index (χ4v) is 5.41. The van der Waals surface area contributed by atoms with Crippen molar-refractivity contribution in [2.24, 2.45) is 5.41 Å². The fraction of sp³-hybridized carbons (Fsp3) is 1.00. The predicted molar refractivity (Wildman–Crippen MR) is 96.2 cm³/mol. The van der Waals surface area contributed by atoms with E-state index >= 15 is 0 Å². The van der Waals surface area contributed by atoms with Crippen LogP contribution in [0.2, 0.25) is 0 Å². The average molecular weight is 406 g/mol. The zero-order valence-electron chi connectivity index (χ0n) is 16.9. The first-order valence-corrected chi connectivity index (χ1v) is 9.92. The molecule has 1 aliphatic carbocycles. The van der Waals surface area contributed by atoms with Gasteiger partial charge in [-0.1, -0.05) is 13.8 Å². The van der Waals surface area contributed by atoms with Crippen LogP contribution in [-0.4, -0.2) is 97.5 Å². The Balaban J connectivity index is 1.89. The van der Waals surface area contributed by atoms with Crippen molar-refractivity contribution in [2.75, 3.05) is 6.61 Å². The predicted octanol–water partition coefficient (Wildman–Crippen LogP) is -1.35. The largest absolute Gasteiger partial charge is 0.394 e. The topological polar surface area (TPSA) is 149 Å². The van der Waals surface area contributed by atoms with Gasteiger partial charge >= 0.3 is 0 Å². The Labute approximate surface area is 164 Å². The molecule has 164 valence electrons. The molecule has 3 rings (SSSR count). The minimum Gasteiger partial charge on any atom is -0.394 e. The Bertz CT molecular complexity index is 566. The van der Waals surface area contributed by atoms with E-state index in [2.05, 4.69) is 0 Å². The third kappa shape index (κ3) is 3.21. The SMILES string of the molecule is C[C@H]1CC[C@@]2(O1)C(C)(C)[C@@H](O[C@@H]1O[C@H](CO)[C@@H](O)[C@H](O)[C@H]1O)[C@H](O)C[C@@]2(C)O. The Kier molecular flexibility index (Phi) is 5.90. The van der Waals surface area contributed by atoms with Crippen LogP contribution in [0.3, 0.4) is 0 Å². The monoisotopic (exact) mass is 406 g/mol. The van der Waals surface area contributed by atoms with Gasteiger partial charge in [0.05, 0.1) is 30.5 Å². The Morgan fingerprint density at radius 1 is 1.04 bits per heavy atom. The molecule has 6 N–H and O–H groups in total. The van der Waals surface area contributed by atoms with Crippen molar-refractivity contribution < 1.29 is 44.8 Å².